The van der Waals surface area contributed by atoms with E-state index in [2.05, 4.69) is 20.0 Å². The summed E-state index contributed by atoms with van der Waals surface area (Å²) in [5.74, 6) is 0.942. The Kier molecular flexibility index (Phi) is 6.92. The van der Waals surface area contributed by atoms with Gasteiger partial charge in [-0.2, -0.15) is 0 Å². The fourth-order valence-electron chi connectivity index (χ4n) is 3.08. The van der Waals surface area contributed by atoms with Crippen molar-refractivity contribution in [1.82, 2.24) is 9.71 Å². The van der Waals surface area contributed by atoms with Gasteiger partial charge in [0.25, 0.3) is 15.9 Å². The Morgan fingerprint density at radius 1 is 1.19 bits per heavy atom. The van der Waals surface area contributed by atoms with Crippen LogP contribution >= 0.6 is 23.1 Å². The van der Waals surface area contributed by atoms with E-state index >= 15 is 0 Å². The molecule has 3 aromatic rings. The lowest BCUT2D eigenvalue weighted by Crippen LogP contribution is -2.29. The number of aromatic nitrogens is 1. The number of nitrogens with one attached hydrogen (secondary N) is 2. The Hall–Kier alpha value is -2.69. The molecule has 166 valence electrons. The first-order valence-electron chi connectivity index (χ1n) is 10.0. The van der Waals surface area contributed by atoms with E-state index in [1.807, 2.05) is 24.4 Å². The third-order valence-electron chi connectivity index (χ3n) is 4.71. The average Bonchev–Trinajstić information content (AvgIpc) is 3.44. The Labute approximate surface area is 195 Å². The average molecular weight is 487 g/mol. The van der Waals surface area contributed by atoms with Gasteiger partial charge in [-0.15, -0.1) is 11.3 Å². The van der Waals surface area contributed by atoms with Crippen molar-refractivity contribution in [2.45, 2.75) is 34.8 Å². The van der Waals surface area contributed by atoms with Crippen molar-refractivity contribution in [1.29, 1.82) is 0 Å². The molecule has 0 unspecified atom stereocenters. The molecule has 1 amide bonds. The Morgan fingerprint density at radius 3 is 2.69 bits per heavy atom. The number of aryl methyl sites for hydroxylation is 1. The van der Waals surface area contributed by atoms with Crippen LogP contribution in [0, 0.1) is 6.92 Å². The van der Waals surface area contributed by atoms with Crippen LogP contribution in [0.1, 0.15) is 34.5 Å². The number of carbonyl (C=O) groups excluding carboxylic acids is 1. The van der Waals surface area contributed by atoms with Gasteiger partial charge < -0.3 is 5.32 Å². The van der Waals surface area contributed by atoms with E-state index in [1.54, 1.807) is 47.4 Å². The quantitative estimate of drug-likeness (QED) is 0.480. The second kappa shape index (κ2) is 9.85. The Morgan fingerprint density at radius 2 is 2.00 bits per heavy atom. The van der Waals surface area contributed by atoms with Crippen LogP contribution in [0.4, 0.5) is 5.69 Å². The monoisotopic (exact) mass is 486 g/mol. The molecule has 0 spiro atoms. The fraction of sp³-hybridized carbons (Fsp3) is 0.227. The molecule has 2 N–H and O–H groups in total. The topological polar surface area (TPSA) is 101 Å². The molecule has 7 nitrogen and oxygen atoms in total. The maximum atomic E-state index is 12.6. The number of thiazole rings is 1. The molecule has 0 saturated carbocycles. The number of aliphatic imine (C=N–C) groups is 1. The third kappa shape index (κ3) is 5.76. The number of hydrogen-bond acceptors (Lipinski definition) is 7. The zero-order valence-corrected chi connectivity index (χ0v) is 19.8. The van der Waals surface area contributed by atoms with E-state index in [1.165, 1.54) is 12.1 Å². The van der Waals surface area contributed by atoms with E-state index in [0.29, 0.717) is 30.1 Å². The summed E-state index contributed by atoms with van der Waals surface area (Å²) in [4.78, 5) is 21.3. The van der Waals surface area contributed by atoms with Gasteiger partial charge in [-0.3, -0.25) is 14.5 Å². The summed E-state index contributed by atoms with van der Waals surface area (Å²) in [6.45, 7) is 2.61. The lowest BCUT2D eigenvalue weighted by atomic mass is 10.1. The molecule has 0 saturated heterocycles. The van der Waals surface area contributed by atoms with Crippen LogP contribution in [0.3, 0.4) is 0 Å². The zero-order valence-electron chi connectivity index (χ0n) is 17.4. The maximum absolute atomic E-state index is 12.6. The van der Waals surface area contributed by atoms with Crippen molar-refractivity contribution in [3.63, 3.8) is 0 Å². The van der Waals surface area contributed by atoms with Gasteiger partial charge in [-0.05, 0) is 49.2 Å². The lowest BCUT2D eigenvalue weighted by Gasteiger charge is -2.10. The maximum Gasteiger partial charge on any atom is 0.262 e. The van der Waals surface area contributed by atoms with Crippen LogP contribution in [0.15, 0.2) is 68.1 Å². The lowest BCUT2D eigenvalue weighted by molar-refractivity contribution is 0.102. The summed E-state index contributed by atoms with van der Waals surface area (Å²) < 4.78 is 28.7. The van der Waals surface area contributed by atoms with E-state index in [0.717, 1.165) is 27.8 Å². The first-order chi connectivity index (χ1) is 15.4. The number of amidine groups is 1. The number of anilines is 1. The van der Waals surface area contributed by atoms with Crippen molar-refractivity contribution < 1.29 is 13.2 Å². The molecular weight excluding hydrogens is 464 g/mol. The molecule has 2 aromatic carbocycles. The summed E-state index contributed by atoms with van der Waals surface area (Å²) in [5, 5.41) is 4.79. The van der Waals surface area contributed by atoms with Gasteiger partial charge in [0.05, 0.1) is 4.90 Å². The van der Waals surface area contributed by atoms with Crippen molar-refractivity contribution in [3.05, 3.63) is 70.7 Å². The standard InChI is InChI=1S/C22H22N4O3S3/c1-15-13-30-22(24-15)31-14-16-7-9-17(10-8-16)21(27)25-18-4-2-5-19(12-18)32(28,29)26-20-6-3-11-23-20/h2,4-5,7-10,12-13H,3,6,11,14H2,1H3,(H,23,26)(H,25,27). The van der Waals surface area contributed by atoms with Crippen molar-refractivity contribution >= 4 is 50.6 Å². The number of benzene rings is 2. The molecule has 1 aliphatic heterocycles. The highest BCUT2D eigenvalue weighted by atomic mass is 32.2. The smallest absolute Gasteiger partial charge is 0.262 e. The normalized spacial score (nSPS) is 13.6. The summed E-state index contributed by atoms with van der Waals surface area (Å²) in [6, 6.07) is 13.5. The molecule has 0 aliphatic carbocycles. The molecule has 0 atom stereocenters. The van der Waals surface area contributed by atoms with Gasteiger partial charge >= 0.3 is 0 Å². The summed E-state index contributed by atoms with van der Waals surface area (Å²) in [5.41, 5.74) is 3.01. The minimum Gasteiger partial charge on any atom is -0.322 e. The fourth-order valence-corrected chi connectivity index (χ4v) is 6.02. The summed E-state index contributed by atoms with van der Waals surface area (Å²) in [7, 11) is -3.74. The SMILES string of the molecule is Cc1csc(SCc2ccc(C(=O)Nc3cccc(S(=O)(=O)NC4=NCCC4)c3)cc2)n1. The first kappa shape index (κ1) is 22.5. The number of thioether (sulfide) groups is 1. The second-order valence-corrected chi connectivity index (χ2v) is 11.0. The van der Waals surface area contributed by atoms with E-state index in [9.17, 15) is 13.2 Å². The van der Waals surface area contributed by atoms with Gasteiger partial charge in [0, 0.05) is 41.0 Å². The molecule has 0 radical (unpaired) electrons. The van der Waals surface area contributed by atoms with Crippen LogP contribution < -0.4 is 10.0 Å². The number of nitrogens with zero attached hydrogens (tertiary/aromatic N) is 2. The van der Waals surface area contributed by atoms with Crippen LogP contribution in [-0.2, 0) is 15.8 Å². The van der Waals surface area contributed by atoms with Gasteiger partial charge in [0.1, 0.15) is 10.2 Å². The highest BCUT2D eigenvalue weighted by Crippen LogP contribution is 2.26. The number of sulfonamides is 1. The summed E-state index contributed by atoms with van der Waals surface area (Å²) in [6.07, 6.45) is 1.46. The molecule has 2 heterocycles. The largest absolute Gasteiger partial charge is 0.322 e. The highest BCUT2D eigenvalue weighted by Gasteiger charge is 2.19. The predicted molar refractivity (Wildman–Crippen MR) is 129 cm³/mol. The Bertz CT molecular complexity index is 1250. The number of amides is 1. The third-order valence-corrected chi connectivity index (χ3v) is 8.29. The van der Waals surface area contributed by atoms with Crippen LogP contribution in [-0.4, -0.2) is 31.7 Å². The van der Waals surface area contributed by atoms with E-state index < -0.39 is 10.0 Å². The van der Waals surface area contributed by atoms with Crippen molar-refractivity contribution in [3.8, 4) is 0 Å². The van der Waals surface area contributed by atoms with Gasteiger partial charge in [-0.1, -0.05) is 30.0 Å². The van der Waals surface area contributed by atoms with E-state index in [4.69, 9.17) is 0 Å². The Balaban J connectivity index is 1.38. The number of rotatable bonds is 7. The minimum absolute atomic E-state index is 0.0784. The molecule has 1 aromatic heterocycles. The van der Waals surface area contributed by atoms with Crippen LogP contribution in [0.2, 0.25) is 0 Å². The molecule has 0 bridgehead atoms. The van der Waals surface area contributed by atoms with Crippen molar-refractivity contribution in [2.24, 2.45) is 4.99 Å². The molecular formula is C22H22N4O3S3. The molecule has 0 fully saturated rings. The van der Waals surface area contributed by atoms with Crippen LogP contribution in [0.5, 0.6) is 0 Å². The second-order valence-electron chi connectivity index (χ2n) is 7.26. The predicted octanol–water partition coefficient (Wildman–Crippen LogP) is 4.47. The van der Waals surface area contributed by atoms with Gasteiger partial charge in [-0.25, -0.2) is 13.4 Å². The minimum atomic E-state index is -3.74. The van der Waals surface area contributed by atoms with E-state index in [-0.39, 0.29) is 10.8 Å². The number of carbonyl (C=O) groups is 1. The number of hydrogen-bond donors (Lipinski definition) is 2. The molecule has 1 aliphatic rings. The first-order valence-corrected chi connectivity index (χ1v) is 13.4. The molecule has 10 heteroatoms. The van der Waals surface area contributed by atoms with Crippen molar-refractivity contribution in [2.75, 3.05) is 11.9 Å². The van der Waals surface area contributed by atoms with Gasteiger partial charge in [0.15, 0.2) is 0 Å². The van der Waals surface area contributed by atoms with Gasteiger partial charge in [0.2, 0.25) is 0 Å². The molecule has 4 rings (SSSR count). The summed E-state index contributed by atoms with van der Waals surface area (Å²) >= 11 is 3.29. The zero-order chi connectivity index (χ0) is 22.6. The highest BCUT2D eigenvalue weighted by molar-refractivity contribution is 8.00. The van der Waals surface area contributed by atoms with Crippen LogP contribution in [0.25, 0.3) is 0 Å². The molecule has 32 heavy (non-hydrogen) atoms.